The Balaban J connectivity index is 1.42. The maximum absolute atomic E-state index is 12.5. The number of hydrogen-bond acceptors (Lipinski definition) is 6. The highest BCUT2D eigenvalue weighted by Gasteiger charge is 2.14. The normalized spacial score (nSPS) is 12.1. The van der Waals surface area contributed by atoms with Crippen LogP contribution in [-0.2, 0) is 11.4 Å². The van der Waals surface area contributed by atoms with Crippen molar-refractivity contribution in [2.24, 2.45) is 0 Å². The van der Waals surface area contributed by atoms with Crippen LogP contribution in [0.1, 0.15) is 11.1 Å². The minimum Gasteiger partial charge on any atom is -0.497 e. The summed E-state index contributed by atoms with van der Waals surface area (Å²) in [6, 6.07) is 20.0. The van der Waals surface area contributed by atoms with E-state index in [1.165, 1.54) is 0 Å². The third kappa shape index (κ3) is 5.56. The number of rotatable bonds is 7. The molecule has 0 radical (unpaired) electrons. The Hall–Kier alpha value is -3.71. The topological polar surface area (TPSA) is 89.8 Å². The number of ether oxygens (including phenoxy) is 4. The summed E-state index contributed by atoms with van der Waals surface area (Å²) in [5.74, 6) is 2.34. The van der Waals surface area contributed by atoms with Gasteiger partial charge < -0.3 is 24.3 Å². The molecule has 0 bridgehead atoms. The molecule has 0 saturated heterocycles. The van der Waals surface area contributed by atoms with Gasteiger partial charge >= 0.3 is 0 Å². The monoisotopic (exact) mass is 554 g/mol. The van der Waals surface area contributed by atoms with E-state index in [0.29, 0.717) is 29.5 Å². The van der Waals surface area contributed by atoms with Gasteiger partial charge in [0.2, 0.25) is 6.79 Å². The SMILES string of the molecule is COc1ccc(NC(=O)/C(C#N)=C\c2ccc(OCc3ccc4c(c3)OCO4)c(I)c2)cc1. The smallest absolute Gasteiger partial charge is 0.266 e. The van der Waals surface area contributed by atoms with Crippen molar-refractivity contribution < 1.29 is 23.7 Å². The van der Waals surface area contributed by atoms with Gasteiger partial charge in [-0.2, -0.15) is 5.26 Å². The zero-order valence-corrected chi connectivity index (χ0v) is 19.8. The number of amides is 1. The second-order valence-corrected chi connectivity index (χ2v) is 8.18. The molecule has 3 aromatic rings. The Kier molecular flexibility index (Phi) is 7.00. The van der Waals surface area contributed by atoms with Crippen LogP contribution in [0.5, 0.6) is 23.0 Å². The Morgan fingerprint density at radius 3 is 2.64 bits per heavy atom. The quantitative estimate of drug-likeness (QED) is 0.247. The molecule has 8 heteroatoms. The van der Waals surface area contributed by atoms with Crippen molar-refractivity contribution in [1.82, 2.24) is 0 Å². The third-order valence-corrected chi connectivity index (χ3v) is 5.65. The van der Waals surface area contributed by atoms with Gasteiger partial charge in [-0.05, 0) is 88.3 Å². The molecule has 0 aliphatic carbocycles. The molecule has 1 N–H and O–H groups in total. The van der Waals surface area contributed by atoms with Crippen molar-refractivity contribution in [3.05, 3.63) is 80.9 Å². The summed E-state index contributed by atoms with van der Waals surface area (Å²) >= 11 is 2.17. The second-order valence-electron chi connectivity index (χ2n) is 7.02. The maximum Gasteiger partial charge on any atom is 0.266 e. The van der Waals surface area contributed by atoms with Crippen molar-refractivity contribution in [3.8, 4) is 29.1 Å². The van der Waals surface area contributed by atoms with Gasteiger partial charge in [0.1, 0.15) is 29.7 Å². The fourth-order valence-corrected chi connectivity index (χ4v) is 3.80. The predicted molar refractivity (Wildman–Crippen MR) is 131 cm³/mol. The number of fused-ring (bicyclic) bond motifs is 1. The van der Waals surface area contributed by atoms with Gasteiger partial charge in [-0.15, -0.1) is 0 Å². The third-order valence-electron chi connectivity index (χ3n) is 4.81. The lowest BCUT2D eigenvalue weighted by Crippen LogP contribution is -2.13. The summed E-state index contributed by atoms with van der Waals surface area (Å²) in [5.41, 5.74) is 2.25. The predicted octanol–water partition coefficient (Wildman–Crippen LogP) is 5.15. The fourth-order valence-electron chi connectivity index (χ4n) is 3.10. The molecule has 3 aromatic carbocycles. The number of nitrogens with one attached hydrogen (secondary N) is 1. The van der Waals surface area contributed by atoms with Crippen LogP contribution in [0, 0.1) is 14.9 Å². The van der Waals surface area contributed by atoms with E-state index in [2.05, 4.69) is 27.9 Å². The van der Waals surface area contributed by atoms with Gasteiger partial charge in [-0.25, -0.2) is 0 Å². The average Bonchev–Trinajstić information content (AvgIpc) is 3.30. The van der Waals surface area contributed by atoms with Gasteiger partial charge in [0, 0.05) is 5.69 Å². The minimum absolute atomic E-state index is 0.00403. The molecule has 1 aliphatic heterocycles. The first kappa shape index (κ1) is 22.5. The number of nitriles is 1. The van der Waals surface area contributed by atoms with Gasteiger partial charge in [0.05, 0.1) is 10.7 Å². The maximum atomic E-state index is 12.5. The van der Waals surface area contributed by atoms with E-state index in [-0.39, 0.29) is 12.4 Å². The standard InChI is InChI=1S/C25H19IN2O5/c1-30-20-6-4-19(5-7-20)28-25(29)18(13-27)10-16-2-8-22(21(26)11-16)31-14-17-3-9-23-24(12-17)33-15-32-23/h2-12H,14-15H2,1H3,(H,28,29)/b18-10-. The summed E-state index contributed by atoms with van der Waals surface area (Å²) in [5, 5.41) is 12.2. The molecule has 1 heterocycles. The zero-order chi connectivity index (χ0) is 23.2. The summed E-state index contributed by atoms with van der Waals surface area (Å²) in [7, 11) is 1.57. The molecule has 0 atom stereocenters. The molecule has 7 nitrogen and oxygen atoms in total. The van der Waals surface area contributed by atoms with Gasteiger partial charge in [0.15, 0.2) is 11.5 Å². The number of carbonyl (C=O) groups excluding carboxylic acids is 1. The molecule has 0 saturated carbocycles. The van der Waals surface area contributed by atoms with Crippen molar-refractivity contribution >= 4 is 40.3 Å². The van der Waals surface area contributed by atoms with E-state index in [0.717, 1.165) is 20.4 Å². The molecular weight excluding hydrogens is 535 g/mol. The van der Waals surface area contributed by atoms with Gasteiger partial charge in [0.25, 0.3) is 5.91 Å². The van der Waals surface area contributed by atoms with Crippen LogP contribution >= 0.6 is 22.6 Å². The number of benzene rings is 3. The van der Waals surface area contributed by atoms with E-state index in [1.807, 2.05) is 36.4 Å². The van der Waals surface area contributed by atoms with Crippen LogP contribution in [0.25, 0.3) is 6.08 Å². The summed E-state index contributed by atoms with van der Waals surface area (Å²) in [4.78, 5) is 12.5. The van der Waals surface area contributed by atoms with Gasteiger partial charge in [-0.3, -0.25) is 4.79 Å². The van der Waals surface area contributed by atoms with Crippen LogP contribution in [0.4, 0.5) is 5.69 Å². The van der Waals surface area contributed by atoms with E-state index < -0.39 is 5.91 Å². The molecule has 33 heavy (non-hydrogen) atoms. The van der Waals surface area contributed by atoms with Crippen molar-refractivity contribution in [3.63, 3.8) is 0 Å². The molecule has 4 rings (SSSR count). The Bertz CT molecular complexity index is 1250. The fraction of sp³-hybridized carbons (Fsp3) is 0.120. The first-order valence-electron chi connectivity index (χ1n) is 9.94. The summed E-state index contributed by atoms with van der Waals surface area (Å²) in [6.07, 6.45) is 1.54. The lowest BCUT2D eigenvalue weighted by Gasteiger charge is -2.10. The number of carbonyl (C=O) groups is 1. The minimum atomic E-state index is -0.485. The average molecular weight is 554 g/mol. The molecule has 0 fully saturated rings. The van der Waals surface area contributed by atoms with Crippen LogP contribution < -0.4 is 24.3 Å². The highest BCUT2D eigenvalue weighted by Crippen LogP contribution is 2.33. The molecule has 166 valence electrons. The van der Waals surface area contributed by atoms with Crippen molar-refractivity contribution in [2.75, 3.05) is 19.2 Å². The number of hydrogen-bond donors (Lipinski definition) is 1. The Labute approximate surface area is 204 Å². The zero-order valence-electron chi connectivity index (χ0n) is 17.6. The first-order chi connectivity index (χ1) is 16.1. The Morgan fingerprint density at radius 2 is 1.91 bits per heavy atom. The number of nitrogens with zero attached hydrogens (tertiary/aromatic N) is 1. The number of halogens is 1. The van der Waals surface area contributed by atoms with E-state index in [4.69, 9.17) is 18.9 Å². The molecule has 1 amide bonds. The molecular formula is C25H19IN2O5. The van der Waals surface area contributed by atoms with Crippen molar-refractivity contribution in [2.45, 2.75) is 6.61 Å². The molecule has 0 unspecified atom stereocenters. The largest absolute Gasteiger partial charge is 0.497 e. The van der Waals surface area contributed by atoms with E-state index in [1.54, 1.807) is 43.5 Å². The summed E-state index contributed by atoms with van der Waals surface area (Å²) < 4.78 is 22.6. The number of methoxy groups -OCH3 is 1. The van der Waals surface area contributed by atoms with Crippen molar-refractivity contribution in [1.29, 1.82) is 5.26 Å². The highest BCUT2D eigenvalue weighted by atomic mass is 127. The van der Waals surface area contributed by atoms with Gasteiger partial charge in [-0.1, -0.05) is 12.1 Å². The molecule has 0 aromatic heterocycles. The van der Waals surface area contributed by atoms with E-state index >= 15 is 0 Å². The van der Waals surface area contributed by atoms with E-state index in [9.17, 15) is 10.1 Å². The lowest BCUT2D eigenvalue weighted by atomic mass is 10.1. The number of anilines is 1. The van der Waals surface area contributed by atoms with Crippen LogP contribution in [-0.4, -0.2) is 19.8 Å². The second kappa shape index (κ2) is 10.3. The first-order valence-corrected chi connectivity index (χ1v) is 11.0. The van der Waals surface area contributed by atoms with Crippen LogP contribution in [0.15, 0.2) is 66.2 Å². The van der Waals surface area contributed by atoms with Crippen LogP contribution in [0.3, 0.4) is 0 Å². The summed E-state index contributed by atoms with van der Waals surface area (Å²) in [6.45, 7) is 0.602. The molecule has 1 aliphatic rings. The van der Waals surface area contributed by atoms with Crippen LogP contribution in [0.2, 0.25) is 0 Å². The highest BCUT2D eigenvalue weighted by molar-refractivity contribution is 14.1. The lowest BCUT2D eigenvalue weighted by molar-refractivity contribution is -0.112. The molecule has 0 spiro atoms. The Morgan fingerprint density at radius 1 is 1.12 bits per heavy atom.